The first-order chi connectivity index (χ1) is 8.77. The lowest BCUT2D eigenvalue weighted by atomic mass is 9.85. The molecule has 19 heavy (non-hydrogen) atoms. The highest BCUT2D eigenvalue weighted by molar-refractivity contribution is 5.94. The Balaban J connectivity index is 2.83. The Labute approximate surface area is 115 Å². The molecule has 1 aromatic carbocycles. The lowest BCUT2D eigenvalue weighted by molar-refractivity contribution is -0.119. The number of hydrogen-bond acceptors (Lipinski definition) is 3. The highest BCUT2D eigenvalue weighted by Crippen LogP contribution is 2.28. The third kappa shape index (κ3) is 3.96. The van der Waals surface area contributed by atoms with Gasteiger partial charge in [-0.05, 0) is 17.5 Å². The molecule has 0 radical (unpaired) electrons. The largest absolute Gasteiger partial charge is 0.495 e. The van der Waals surface area contributed by atoms with Crippen LogP contribution in [0.2, 0.25) is 0 Å². The zero-order valence-corrected chi connectivity index (χ0v) is 12.4. The molecular weight excluding hydrogens is 240 g/mol. The van der Waals surface area contributed by atoms with Crippen LogP contribution in [0.4, 0.5) is 5.69 Å². The summed E-state index contributed by atoms with van der Waals surface area (Å²) in [5.74, 6) is 0.676. The van der Waals surface area contributed by atoms with Crippen LogP contribution in [0.5, 0.6) is 5.75 Å². The molecule has 0 saturated heterocycles. The van der Waals surface area contributed by atoms with Crippen LogP contribution in [0, 0.1) is 5.41 Å². The maximum atomic E-state index is 12.3. The van der Waals surface area contributed by atoms with Gasteiger partial charge in [-0.3, -0.25) is 4.79 Å². The number of nitrogens with two attached hydrogens (primary N) is 1. The summed E-state index contributed by atoms with van der Waals surface area (Å²) in [5, 5.41) is 0. The summed E-state index contributed by atoms with van der Waals surface area (Å²) in [6.07, 6.45) is 0.318. The number of rotatable bonds is 4. The van der Waals surface area contributed by atoms with Crippen LogP contribution in [0.1, 0.15) is 27.2 Å². The van der Waals surface area contributed by atoms with Gasteiger partial charge in [-0.2, -0.15) is 0 Å². The number of benzene rings is 1. The summed E-state index contributed by atoms with van der Waals surface area (Å²) in [4.78, 5) is 13.9. The Morgan fingerprint density at radius 2 is 1.95 bits per heavy atom. The Kier molecular flexibility index (Phi) is 4.95. The molecule has 2 N–H and O–H groups in total. The molecule has 106 valence electrons. The third-order valence-corrected chi connectivity index (χ3v) is 3.33. The third-order valence-electron chi connectivity index (χ3n) is 3.33. The van der Waals surface area contributed by atoms with E-state index in [9.17, 15) is 4.79 Å². The van der Waals surface area contributed by atoms with Gasteiger partial charge in [0.05, 0.1) is 12.8 Å². The first-order valence-electron chi connectivity index (χ1n) is 6.42. The maximum Gasteiger partial charge on any atom is 0.228 e. The molecule has 4 heteroatoms. The van der Waals surface area contributed by atoms with Gasteiger partial charge < -0.3 is 15.4 Å². The van der Waals surface area contributed by atoms with Gasteiger partial charge >= 0.3 is 0 Å². The van der Waals surface area contributed by atoms with E-state index in [0.29, 0.717) is 12.2 Å². The molecule has 0 aliphatic rings. The van der Waals surface area contributed by atoms with E-state index in [2.05, 4.69) is 0 Å². The van der Waals surface area contributed by atoms with Gasteiger partial charge in [-0.15, -0.1) is 0 Å². The smallest absolute Gasteiger partial charge is 0.228 e. The van der Waals surface area contributed by atoms with Gasteiger partial charge in [0.25, 0.3) is 0 Å². The van der Waals surface area contributed by atoms with Crippen LogP contribution < -0.4 is 15.4 Å². The van der Waals surface area contributed by atoms with Crippen molar-refractivity contribution < 1.29 is 9.53 Å². The number of anilines is 1. The number of amides is 1. The molecule has 1 amide bonds. The van der Waals surface area contributed by atoms with Crippen molar-refractivity contribution in [2.75, 3.05) is 19.1 Å². The van der Waals surface area contributed by atoms with Crippen molar-refractivity contribution >= 4 is 11.6 Å². The highest BCUT2D eigenvalue weighted by Gasteiger charge is 2.25. The molecule has 0 aliphatic carbocycles. The van der Waals surface area contributed by atoms with Crippen LogP contribution in [0.15, 0.2) is 24.3 Å². The van der Waals surface area contributed by atoms with E-state index in [1.165, 1.54) is 0 Å². The van der Waals surface area contributed by atoms with E-state index in [1.54, 1.807) is 19.1 Å². The van der Waals surface area contributed by atoms with E-state index < -0.39 is 0 Å². The fourth-order valence-electron chi connectivity index (χ4n) is 1.67. The van der Waals surface area contributed by atoms with E-state index in [-0.39, 0.29) is 17.4 Å². The van der Waals surface area contributed by atoms with E-state index >= 15 is 0 Å². The van der Waals surface area contributed by atoms with Crippen LogP contribution in [0.25, 0.3) is 0 Å². The van der Waals surface area contributed by atoms with E-state index in [1.807, 2.05) is 45.0 Å². The topological polar surface area (TPSA) is 55.6 Å². The van der Waals surface area contributed by atoms with Crippen molar-refractivity contribution in [3.05, 3.63) is 24.3 Å². The average Bonchev–Trinajstić information content (AvgIpc) is 2.36. The first-order valence-corrected chi connectivity index (χ1v) is 6.42. The average molecular weight is 264 g/mol. The lowest BCUT2D eigenvalue weighted by Gasteiger charge is -2.28. The molecule has 0 saturated carbocycles. The second kappa shape index (κ2) is 6.06. The van der Waals surface area contributed by atoms with E-state index in [0.717, 1.165) is 5.69 Å². The molecule has 1 rings (SSSR count). The van der Waals surface area contributed by atoms with Crippen molar-refractivity contribution in [2.45, 2.75) is 33.2 Å². The Morgan fingerprint density at radius 1 is 1.37 bits per heavy atom. The minimum Gasteiger partial charge on any atom is -0.495 e. The summed E-state index contributed by atoms with van der Waals surface area (Å²) < 4.78 is 5.26. The summed E-state index contributed by atoms with van der Waals surface area (Å²) in [6, 6.07) is 7.28. The number of ether oxygens (including phenoxy) is 1. The van der Waals surface area contributed by atoms with Gasteiger partial charge in [0.15, 0.2) is 0 Å². The molecule has 4 nitrogen and oxygen atoms in total. The van der Waals surface area contributed by atoms with Crippen molar-refractivity contribution in [2.24, 2.45) is 11.1 Å². The molecule has 0 spiro atoms. The molecule has 0 aliphatic heterocycles. The van der Waals surface area contributed by atoms with Crippen molar-refractivity contribution in [1.29, 1.82) is 0 Å². The summed E-state index contributed by atoms with van der Waals surface area (Å²) >= 11 is 0. The van der Waals surface area contributed by atoms with Crippen molar-refractivity contribution in [3.63, 3.8) is 0 Å². The SMILES string of the molecule is COc1ccccc1N(C)C(=O)CC(N)C(C)(C)C. The van der Waals surface area contributed by atoms with Crippen LogP contribution >= 0.6 is 0 Å². The summed E-state index contributed by atoms with van der Waals surface area (Å²) in [7, 11) is 3.34. The Hall–Kier alpha value is -1.55. The molecular formula is C15H24N2O2. The standard InChI is InChI=1S/C15H24N2O2/c1-15(2,3)13(16)10-14(18)17(4)11-8-6-7-9-12(11)19-5/h6-9,13H,10,16H2,1-5H3. The zero-order valence-electron chi connectivity index (χ0n) is 12.4. The number of carbonyl (C=O) groups excluding carboxylic acids is 1. The monoisotopic (exact) mass is 264 g/mol. The molecule has 0 bridgehead atoms. The first kappa shape index (κ1) is 15.5. The Morgan fingerprint density at radius 3 is 2.47 bits per heavy atom. The minimum absolute atomic E-state index is 0.00748. The molecule has 1 aromatic rings. The number of nitrogens with zero attached hydrogens (tertiary/aromatic N) is 1. The molecule has 0 aromatic heterocycles. The van der Waals surface area contributed by atoms with Crippen molar-refractivity contribution in [3.8, 4) is 5.75 Å². The molecule has 1 unspecified atom stereocenters. The minimum atomic E-state index is -0.169. The Bertz CT molecular complexity index is 438. The lowest BCUT2D eigenvalue weighted by Crippen LogP contribution is -2.40. The van der Waals surface area contributed by atoms with E-state index in [4.69, 9.17) is 10.5 Å². The predicted molar refractivity (Wildman–Crippen MR) is 78.5 cm³/mol. The van der Waals surface area contributed by atoms with Crippen LogP contribution in [0.3, 0.4) is 0 Å². The second-order valence-electron chi connectivity index (χ2n) is 5.80. The maximum absolute atomic E-state index is 12.3. The van der Waals surface area contributed by atoms with Gasteiger partial charge in [-0.25, -0.2) is 0 Å². The zero-order chi connectivity index (χ0) is 14.6. The molecule has 0 heterocycles. The van der Waals surface area contributed by atoms with Crippen LogP contribution in [-0.2, 0) is 4.79 Å². The normalized spacial score (nSPS) is 12.9. The van der Waals surface area contributed by atoms with Gasteiger partial charge in [0.2, 0.25) is 5.91 Å². The summed E-state index contributed by atoms with van der Waals surface area (Å²) in [6.45, 7) is 6.11. The van der Waals surface area contributed by atoms with Gasteiger partial charge in [0.1, 0.15) is 5.75 Å². The fourth-order valence-corrected chi connectivity index (χ4v) is 1.67. The second-order valence-corrected chi connectivity index (χ2v) is 5.80. The van der Waals surface area contributed by atoms with Crippen molar-refractivity contribution in [1.82, 2.24) is 0 Å². The number of hydrogen-bond donors (Lipinski definition) is 1. The summed E-state index contributed by atoms with van der Waals surface area (Å²) in [5.41, 5.74) is 6.73. The van der Waals surface area contributed by atoms with Gasteiger partial charge in [0, 0.05) is 19.5 Å². The molecule has 1 atom stereocenters. The fraction of sp³-hybridized carbons (Fsp3) is 0.533. The highest BCUT2D eigenvalue weighted by atomic mass is 16.5. The quantitative estimate of drug-likeness (QED) is 0.908. The van der Waals surface area contributed by atoms with Gasteiger partial charge in [-0.1, -0.05) is 32.9 Å². The number of para-hydroxylation sites is 2. The predicted octanol–water partition coefficient (Wildman–Crippen LogP) is 2.42. The molecule has 0 fully saturated rings. The number of carbonyl (C=O) groups is 1. The number of methoxy groups -OCH3 is 1. The van der Waals surface area contributed by atoms with Crippen LogP contribution in [-0.4, -0.2) is 26.1 Å².